The fourth-order valence-electron chi connectivity index (χ4n) is 1.77. The molecule has 0 bridgehead atoms. The summed E-state index contributed by atoms with van der Waals surface area (Å²) in [6.45, 7) is 0. The molecular formula is C14H11F3N2O3S. The Kier molecular flexibility index (Phi) is 4.89. The molecule has 0 radical (unpaired) electrons. The number of carbonyl (C=O) groups is 2. The summed E-state index contributed by atoms with van der Waals surface area (Å²) in [7, 11) is 1.19. The molecule has 2 amide bonds. The Balaban J connectivity index is 2.16. The molecule has 1 heterocycles. The summed E-state index contributed by atoms with van der Waals surface area (Å²) < 4.78 is 43.1. The summed E-state index contributed by atoms with van der Waals surface area (Å²) >= 11 is 1.04. The molecule has 2 N–H and O–H groups in total. The van der Waals surface area contributed by atoms with Gasteiger partial charge in [-0.25, -0.2) is 9.59 Å². The molecule has 9 heteroatoms. The molecule has 0 aliphatic rings. The zero-order valence-electron chi connectivity index (χ0n) is 11.7. The van der Waals surface area contributed by atoms with Crippen LogP contribution in [0.2, 0.25) is 0 Å². The number of halogens is 3. The van der Waals surface area contributed by atoms with Gasteiger partial charge in [0.25, 0.3) is 0 Å². The second-order valence-corrected chi connectivity index (χ2v) is 5.19. The number of esters is 1. The molecule has 0 saturated heterocycles. The van der Waals surface area contributed by atoms with E-state index in [1.54, 1.807) is 5.38 Å². The summed E-state index contributed by atoms with van der Waals surface area (Å²) in [6, 6.07) is 5.14. The fraction of sp³-hybridized carbons (Fsp3) is 0.143. The molecule has 0 atom stereocenters. The lowest BCUT2D eigenvalue weighted by Gasteiger charge is -2.14. The molecule has 0 fully saturated rings. The Morgan fingerprint density at radius 1 is 1.09 bits per heavy atom. The monoisotopic (exact) mass is 344 g/mol. The van der Waals surface area contributed by atoms with Crippen molar-refractivity contribution in [3.05, 3.63) is 46.2 Å². The Labute approximate surface area is 133 Å². The van der Waals surface area contributed by atoms with Crippen LogP contribution < -0.4 is 10.6 Å². The van der Waals surface area contributed by atoms with Crippen molar-refractivity contribution in [1.82, 2.24) is 0 Å². The number of rotatable bonds is 3. The zero-order chi connectivity index (χ0) is 17.0. The quantitative estimate of drug-likeness (QED) is 0.820. The van der Waals surface area contributed by atoms with E-state index in [0.717, 1.165) is 23.5 Å². The first-order valence-corrected chi connectivity index (χ1v) is 7.11. The lowest BCUT2D eigenvalue weighted by molar-refractivity contribution is -0.136. The van der Waals surface area contributed by atoms with E-state index in [1.807, 2.05) is 0 Å². The first kappa shape index (κ1) is 16.8. The lowest BCUT2D eigenvalue weighted by atomic mass is 10.1. The smallest absolute Gasteiger partial charge is 0.418 e. The second kappa shape index (κ2) is 6.69. The average molecular weight is 344 g/mol. The summed E-state index contributed by atoms with van der Waals surface area (Å²) in [4.78, 5) is 23.5. The molecule has 0 aliphatic heterocycles. The third kappa shape index (κ3) is 4.01. The molecule has 0 saturated carbocycles. The standard InChI is InChI=1S/C14H11F3N2O3S/c1-22-12(20)11-10(6-7-23-11)19-13(21)18-9-5-3-2-4-8(9)14(15,16)17/h2-7H,1H3,(H2,18,19,21). The van der Waals surface area contributed by atoms with Crippen LogP contribution in [0.4, 0.5) is 29.3 Å². The van der Waals surface area contributed by atoms with E-state index in [2.05, 4.69) is 15.4 Å². The van der Waals surface area contributed by atoms with Gasteiger partial charge in [-0.2, -0.15) is 13.2 Å². The molecule has 2 rings (SSSR count). The van der Waals surface area contributed by atoms with E-state index < -0.39 is 23.7 Å². The van der Waals surface area contributed by atoms with Crippen LogP contribution >= 0.6 is 11.3 Å². The largest absolute Gasteiger partial charge is 0.465 e. The molecule has 2 aromatic rings. The fourth-order valence-corrected chi connectivity index (χ4v) is 2.54. The summed E-state index contributed by atoms with van der Waals surface area (Å²) in [5.74, 6) is -0.647. The van der Waals surface area contributed by atoms with Crippen LogP contribution in [0, 0.1) is 0 Å². The van der Waals surface area contributed by atoms with Gasteiger partial charge < -0.3 is 15.4 Å². The van der Waals surface area contributed by atoms with Crippen LogP contribution in [0.3, 0.4) is 0 Å². The van der Waals surface area contributed by atoms with E-state index in [9.17, 15) is 22.8 Å². The Morgan fingerprint density at radius 2 is 1.74 bits per heavy atom. The third-order valence-corrected chi connectivity index (χ3v) is 3.66. The first-order chi connectivity index (χ1) is 10.8. The molecule has 5 nitrogen and oxygen atoms in total. The van der Waals surface area contributed by atoms with Gasteiger partial charge in [0.15, 0.2) is 0 Å². The Morgan fingerprint density at radius 3 is 2.39 bits per heavy atom. The highest BCUT2D eigenvalue weighted by Crippen LogP contribution is 2.34. The number of amides is 2. The van der Waals surface area contributed by atoms with Crippen molar-refractivity contribution in [2.24, 2.45) is 0 Å². The second-order valence-electron chi connectivity index (χ2n) is 4.28. The van der Waals surface area contributed by atoms with Crippen molar-refractivity contribution < 1.29 is 27.5 Å². The third-order valence-electron chi connectivity index (χ3n) is 2.76. The van der Waals surface area contributed by atoms with Crippen LogP contribution in [0.15, 0.2) is 35.7 Å². The molecule has 0 spiro atoms. The minimum Gasteiger partial charge on any atom is -0.465 e. The molecule has 1 aromatic heterocycles. The molecular weight excluding hydrogens is 333 g/mol. The van der Waals surface area contributed by atoms with Crippen LogP contribution in [0.1, 0.15) is 15.2 Å². The maximum Gasteiger partial charge on any atom is 0.418 e. The summed E-state index contributed by atoms with van der Waals surface area (Å²) in [5, 5.41) is 5.99. The highest BCUT2D eigenvalue weighted by Gasteiger charge is 2.33. The van der Waals surface area contributed by atoms with Gasteiger partial charge in [-0.15, -0.1) is 11.3 Å². The average Bonchev–Trinajstić information content (AvgIpc) is 2.93. The molecule has 0 aliphatic carbocycles. The number of thiophene rings is 1. The van der Waals surface area contributed by atoms with Crippen molar-refractivity contribution in [1.29, 1.82) is 0 Å². The predicted molar refractivity (Wildman–Crippen MR) is 79.7 cm³/mol. The summed E-state index contributed by atoms with van der Waals surface area (Å²) in [6.07, 6.45) is -4.59. The number of ether oxygens (including phenoxy) is 1. The van der Waals surface area contributed by atoms with E-state index in [1.165, 1.54) is 25.3 Å². The van der Waals surface area contributed by atoms with Crippen LogP contribution in [-0.2, 0) is 10.9 Å². The Hall–Kier alpha value is -2.55. The van der Waals surface area contributed by atoms with Crippen molar-refractivity contribution in [3.63, 3.8) is 0 Å². The van der Waals surface area contributed by atoms with Crippen molar-refractivity contribution in [2.45, 2.75) is 6.18 Å². The molecule has 23 heavy (non-hydrogen) atoms. The molecule has 0 unspecified atom stereocenters. The van der Waals surface area contributed by atoms with Gasteiger partial charge in [-0.05, 0) is 23.6 Å². The minimum absolute atomic E-state index is 0.145. The van der Waals surface area contributed by atoms with E-state index in [-0.39, 0.29) is 16.3 Å². The summed E-state index contributed by atoms with van der Waals surface area (Å²) in [5.41, 5.74) is -1.19. The van der Waals surface area contributed by atoms with Gasteiger partial charge in [0.05, 0.1) is 24.0 Å². The number of hydrogen-bond acceptors (Lipinski definition) is 4. The highest BCUT2D eigenvalue weighted by molar-refractivity contribution is 7.12. The van der Waals surface area contributed by atoms with E-state index >= 15 is 0 Å². The number of methoxy groups -OCH3 is 1. The van der Waals surface area contributed by atoms with E-state index in [0.29, 0.717) is 0 Å². The number of anilines is 2. The number of para-hydroxylation sites is 1. The maximum atomic E-state index is 12.9. The van der Waals surface area contributed by atoms with Crippen molar-refractivity contribution in [2.75, 3.05) is 17.7 Å². The predicted octanol–water partition coefficient (Wildman–Crippen LogP) is 4.20. The molecule has 1 aromatic carbocycles. The van der Waals surface area contributed by atoms with Gasteiger partial charge in [0.1, 0.15) is 4.88 Å². The normalized spacial score (nSPS) is 11.0. The van der Waals surface area contributed by atoms with Gasteiger partial charge in [0, 0.05) is 0 Å². The lowest BCUT2D eigenvalue weighted by Crippen LogP contribution is -2.22. The van der Waals surface area contributed by atoms with Gasteiger partial charge in [0.2, 0.25) is 0 Å². The molecule has 122 valence electrons. The van der Waals surface area contributed by atoms with Crippen LogP contribution in [0.5, 0.6) is 0 Å². The highest BCUT2D eigenvalue weighted by atomic mass is 32.1. The number of carbonyl (C=O) groups excluding carboxylic acids is 2. The Bertz CT molecular complexity index is 728. The first-order valence-electron chi connectivity index (χ1n) is 6.23. The maximum absolute atomic E-state index is 12.9. The number of benzene rings is 1. The SMILES string of the molecule is COC(=O)c1sccc1NC(=O)Nc1ccccc1C(F)(F)F. The van der Waals surface area contributed by atoms with Gasteiger partial charge >= 0.3 is 18.2 Å². The number of hydrogen-bond donors (Lipinski definition) is 2. The zero-order valence-corrected chi connectivity index (χ0v) is 12.5. The van der Waals surface area contributed by atoms with E-state index in [4.69, 9.17) is 0 Å². The van der Waals surface area contributed by atoms with Crippen molar-refractivity contribution in [3.8, 4) is 0 Å². The minimum atomic E-state index is -4.59. The number of nitrogens with one attached hydrogen (secondary N) is 2. The van der Waals surface area contributed by atoms with Gasteiger partial charge in [-0.1, -0.05) is 12.1 Å². The number of urea groups is 1. The topological polar surface area (TPSA) is 67.4 Å². The van der Waals surface area contributed by atoms with Crippen molar-refractivity contribution >= 4 is 34.7 Å². The van der Waals surface area contributed by atoms with Crippen LogP contribution in [-0.4, -0.2) is 19.1 Å². The van der Waals surface area contributed by atoms with Crippen LogP contribution in [0.25, 0.3) is 0 Å². The number of alkyl halides is 3. The van der Waals surface area contributed by atoms with Gasteiger partial charge in [-0.3, -0.25) is 0 Å².